The van der Waals surface area contributed by atoms with Gasteiger partial charge in [-0.25, -0.2) is 0 Å². The molecule has 2 aromatic carbocycles. The van der Waals surface area contributed by atoms with E-state index in [-0.39, 0.29) is 5.37 Å². The third kappa shape index (κ3) is 3.32. The number of aryl methyl sites for hydroxylation is 2. The second-order valence-electron chi connectivity index (χ2n) is 6.66. The number of nitrogens with two attached hydrogens (primary N) is 1. The molecule has 1 heterocycles. The van der Waals surface area contributed by atoms with Crippen LogP contribution in [0.4, 0.5) is 0 Å². The van der Waals surface area contributed by atoms with Gasteiger partial charge in [0.25, 0.3) is 0 Å². The zero-order valence-corrected chi connectivity index (χ0v) is 15.0. The Labute approximate surface area is 143 Å². The van der Waals surface area contributed by atoms with Crippen molar-refractivity contribution < 1.29 is 0 Å². The van der Waals surface area contributed by atoms with Crippen molar-refractivity contribution in [2.45, 2.75) is 38.1 Å². The Morgan fingerprint density at radius 1 is 1.17 bits per heavy atom. The van der Waals surface area contributed by atoms with Gasteiger partial charge in [-0.05, 0) is 49.4 Å². The third-order valence-corrected chi connectivity index (χ3v) is 6.23. The van der Waals surface area contributed by atoms with Gasteiger partial charge in [0.15, 0.2) is 0 Å². The summed E-state index contributed by atoms with van der Waals surface area (Å²) in [6, 6.07) is 15.2. The van der Waals surface area contributed by atoms with Crippen LogP contribution in [0, 0.1) is 20.8 Å². The summed E-state index contributed by atoms with van der Waals surface area (Å²) in [5.41, 5.74) is 13.2. The SMILES string of the molecule is Cc1cccc(CC(N)(c2cccc(C)c2C)C2NCCS2)c1. The molecule has 122 valence electrons. The van der Waals surface area contributed by atoms with Crippen LogP contribution in [-0.2, 0) is 12.0 Å². The maximum Gasteiger partial charge on any atom is 0.0761 e. The van der Waals surface area contributed by atoms with Crippen molar-refractivity contribution in [3.05, 3.63) is 70.3 Å². The van der Waals surface area contributed by atoms with Crippen LogP contribution in [0.2, 0.25) is 0 Å². The largest absolute Gasteiger partial charge is 0.319 e. The quantitative estimate of drug-likeness (QED) is 0.900. The summed E-state index contributed by atoms with van der Waals surface area (Å²) in [4.78, 5) is 0. The third-order valence-electron chi connectivity index (χ3n) is 4.87. The molecule has 0 bridgehead atoms. The Balaban J connectivity index is 2.05. The van der Waals surface area contributed by atoms with Gasteiger partial charge in [-0.2, -0.15) is 0 Å². The van der Waals surface area contributed by atoms with Crippen molar-refractivity contribution in [2.24, 2.45) is 5.73 Å². The van der Waals surface area contributed by atoms with E-state index in [0.717, 1.165) is 18.7 Å². The van der Waals surface area contributed by atoms with Crippen molar-refractivity contribution >= 4 is 11.8 Å². The van der Waals surface area contributed by atoms with Crippen molar-refractivity contribution in [1.29, 1.82) is 0 Å². The van der Waals surface area contributed by atoms with E-state index in [1.165, 1.54) is 27.8 Å². The Hall–Kier alpha value is -1.29. The van der Waals surface area contributed by atoms with Crippen LogP contribution in [0.5, 0.6) is 0 Å². The predicted octanol–water partition coefficient (Wildman–Crippen LogP) is 3.67. The lowest BCUT2D eigenvalue weighted by atomic mass is 9.80. The molecule has 0 radical (unpaired) electrons. The maximum absolute atomic E-state index is 7.09. The van der Waals surface area contributed by atoms with Crippen LogP contribution in [-0.4, -0.2) is 17.7 Å². The highest BCUT2D eigenvalue weighted by Crippen LogP contribution is 2.37. The smallest absolute Gasteiger partial charge is 0.0761 e. The fourth-order valence-corrected chi connectivity index (χ4v) is 4.72. The van der Waals surface area contributed by atoms with Gasteiger partial charge in [-0.15, -0.1) is 11.8 Å². The summed E-state index contributed by atoms with van der Waals surface area (Å²) in [6.07, 6.45) is 0.851. The first-order valence-electron chi connectivity index (χ1n) is 8.27. The zero-order chi connectivity index (χ0) is 16.4. The van der Waals surface area contributed by atoms with Crippen LogP contribution in [0.25, 0.3) is 0 Å². The molecule has 2 nitrogen and oxygen atoms in total. The number of rotatable bonds is 4. The number of nitrogens with one attached hydrogen (secondary N) is 1. The lowest BCUT2D eigenvalue weighted by Gasteiger charge is -2.37. The predicted molar refractivity (Wildman–Crippen MR) is 101 cm³/mol. The molecule has 0 saturated carbocycles. The van der Waals surface area contributed by atoms with Gasteiger partial charge >= 0.3 is 0 Å². The van der Waals surface area contributed by atoms with Crippen LogP contribution >= 0.6 is 11.8 Å². The van der Waals surface area contributed by atoms with Crippen molar-refractivity contribution in [1.82, 2.24) is 5.32 Å². The molecule has 3 rings (SSSR count). The van der Waals surface area contributed by atoms with E-state index < -0.39 is 5.54 Å². The van der Waals surface area contributed by atoms with Gasteiger partial charge in [-0.3, -0.25) is 0 Å². The standard InChI is InChI=1S/C20H26N2S/c1-14-6-4-8-17(12-14)13-20(21,19-22-10-11-23-19)18-9-5-7-15(2)16(18)3/h4-9,12,19,22H,10-11,13,21H2,1-3H3. The zero-order valence-electron chi connectivity index (χ0n) is 14.2. The maximum atomic E-state index is 7.09. The van der Waals surface area contributed by atoms with Crippen LogP contribution in [0.3, 0.4) is 0 Å². The topological polar surface area (TPSA) is 38.0 Å². The molecular weight excluding hydrogens is 300 g/mol. The van der Waals surface area contributed by atoms with Gasteiger partial charge in [0, 0.05) is 12.3 Å². The van der Waals surface area contributed by atoms with E-state index in [4.69, 9.17) is 5.73 Å². The van der Waals surface area contributed by atoms with Gasteiger partial charge in [0.1, 0.15) is 0 Å². The molecule has 1 aliphatic rings. The summed E-state index contributed by atoms with van der Waals surface area (Å²) in [6.45, 7) is 7.54. The van der Waals surface area contributed by atoms with Gasteiger partial charge in [0.05, 0.1) is 10.9 Å². The first-order chi connectivity index (χ1) is 11.0. The highest BCUT2D eigenvalue weighted by atomic mass is 32.2. The molecule has 1 saturated heterocycles. The monoisotopic (exact) mass is 326 g/mol. The second kappa shape index (κ2) is 6.68. The fraction of sp³-hybridized carbons (Fsp3) is 0.400. The Morgan fingerprint density at radius 3 is 2.65 bits per heavy atom. The second-order valence-corrected chi connectivity index (χ2v) is 7.87. The minimum absolute atomic E-state index is 0.253. The fourth-order valence-electron chi connectivity index (χ4n) is 3.50. The molecule has 1 aliphatic heterocycles. The van der Waals surface area contributed by atoms with E-state index in [1.807, 2.05) is 11.8 Å². The summed E-state index contributed by atoms with van der Waals surface area (Å²) in [7, 11) is 0. The molecular formula is C20H26N2S. The number of hydrogen-bond donors (Lipinski definition) is 2. The Kier molecular flexibility index (Phi) is 4.81. The summed E-state index contributed by atoms with van der Waals surface area (Å²) in [5, 5.41) is 3.87. The molecule has 3 heteroatoms. The summed E-state index contributed by atoms with van der Waals surface area (Å²) >= 11 is 1.95. The average Bonchev–Trinajstić information content (AvgIpc) is 3.05. The number of thioether (sulfide) groups is 1. The van der Waals surface area contributed by atoms with E-state index in [9.17, 15) is 0 Å². The molecule has 2 atom stereocenters. The van der Waals surface area contributed by atoms with E-state index in [1.54, 1.807) is 0 Å². The number of benzene rings is 2. The molecule has 2 aromatic rings. The highest BCUT2D eigenvalue weighted by Gasteiger charge is 2.40. The molecule has 23 heavy (non-hydrogen) atoms. The van der Waals surface area contributed by atoms with Crippen molar-refractivity contribution in [3.8, 4) is 0 Å². The lowest BCUT2D eigenvalue weighted by Crippen LogP contribution is -2.53. The lowest BCUT2D eigenvalue weighted by molar-refractivity contribution is 0.389. The van der Waals surface area contributed by atoms with Crippen molar-refractivity contribution in [3.63, 3.8) is 0 Å². The van der Waals surface area contributed by atoms with Gasteiger partial charge < -0.3 is 11.1 Å². The van der Waals surface area contributed by atoms with Gasteiger partial charge in [0.2, 0.25) is 0 Å². The molecule has 0 spiro atoms. The minimum Gasteiger partial charge on any atom is -0.319 e. The Morgan fingerprint density at radius 2 is 1.96 bits per heavy atom. The highest BCUT2D eigenvalue weighted by molar-refractivity contribution is 8.00. The molecule has 3 N–H and O–H groups in total. The van der Waals surface area contributed by atoms with E-state index >= 15 is 0 Å². The van der Waals surface area contributed by atoms with Crippen molar-refractivity contribution in [2.75, 3.05) is 12.3 Å². The van der Waals surface area contributed by atoms with E-state index in [0.29, 0.717) is 0 Å². The summed E-state index contributed by atoms with van der Waals surface area (Å²) < 4.78 is 0. The first-order valence-corrected chi connectivity index (χ1v) is 9.32. The van der Waals surface area contributed by atoms with Crippen LogP contribution in [0.15, 0.2) is 42.5 Å². The summed E-state index contributed by atoms with van der Waals surface area (Å²) in [5.74, 6) is 1.13. The molecule has 0 aliphatic carbocycles. The molecule has 1 fully saturated rings. The Bertz CT molecular complexity index is 692. The molecule has 0 amide bonds. The molecule has 0 aromatic heterocycles. The first kappa shape index (κ1) is 16.6. The average molecular weight is 327 g/mol. The van der Waals surface area contributed by atoms with Crippen LogP contribution < -0.4 is 11.1 Å². The number of hydrogen-bond acceptors (Lipinski definition) is 3. The minimum atomic E-state index is -0.398. The molecule has 2 unspecified atom stereocenters. The van der Waals surface area contributed by atoms with Gasteiger partial charge in [-0.1, -0.05) is 48.0 Å². The van der Waals surface area contributed by atoms with E-state index in [2.05, 4.69) is 68.6 Å². The normalized spacial score (nSPS) is 20.4. The van der Waals surface area contributed by atoms with Crippen LogP contribution in [0.1, 0.15) is 27.8 Å².